The highest BCUT2D eigenvalue weighted by Gasteiger charge is 2.22. The molecule has 7 heteroatoms. The lowest BCUT2D eigenvalue weighted by Crippen LogP contribution is -2.42. The normalized spacial score (nSPS) is 15.2. The molecule has 1 unspecified atom stereocenters. The second kappa shape index (κ2) is 8.39. The van der Waals surface area contributed by atoms with Gasteiger partial charge in [0.2, 0.25) is 5.91 Å². The zero-order valence-corrected chi connectivity index (χ0v) is 11.8. The smallest absolute Gasteiger partial charge is 0.315 e. The van der Waals surface area contributed by atoms with Gasteiger partial charge in [0.1, 0.15) is 0 Å². The molecule has 1 atom stereocenters. The summed E-state index contributed by atoms with van der Waals surface area (Å²) in [6.45, 7) is 2.12. The molecule has 0 aliphatic heterocycles. The monoisotopic (exact) mass is 285 g/mol. The molecule has 0 bridgehead atoms. The lowest BCUT2D eigenvalue weighted by molar-refractivity contribution is -0.137. The number of nitrogens with one attached hydrogen (secondary N) is 3. The Labute approximate surface area is 118 Å². The maximum atomic E-state index is 11.5. The van der Waals surface area contributed by atoms with E-state index in [-0.39, 0.29) is 30.8 Å². The molecular weight excluding hydrogens is 262 g/mol. The summed E-state index contributed by atoms with van der Waals surface area (Å²) < 4.78 is 0. The Hall–Kier alpha value is -1.79. The van der Waals surface area contributed by atoms with Gasteiger partial charge >= 0.3 is 12.0 Å². The van der Waals surface area contributed by atoms with Gasteiger partial charge in [-0.2, -0.15) is 0 Å². The Kier molecular flexibility index (Phi) is 6.83. The summed E-state index contributed by atoms with van der Waals surface area (Å²) in [6, 6.07) is -0.0766. The van der Waals surface area contributed by atoms with E-state index < -0.39 is 5.97 Å². The summed E-state index contributed by atoms with van der Waals surface area (Å²) in [6.07, 6.45) is 3.62. The van der Waals surface area contributed by atoms with Crippen LogP contribution in [0.15, 0.2) is 0 Å². The first-order valence-corrected chi connectivity index (χ1v) is 7.03. The van der Waals surface area contributed by atoms with Crippen LogP contribution in [-0.2, 0) is 9.59 Å². The molecule has 0 spiro atoms. The molecule has 0 saturated heterocycles. The third kappa shape index (κ3) is 8.34. The molecule has 1 rings (SSSR count). The van der Waals surface area contributed by atoms with E-state index in [1.165, 1.54) is 0 Å². The molecule has 20 heavy (non-hydrogen) atoms. The van der Waals surface area contributed by atoms with Crippen molar-refractivity contribution in [2.45, 2.75) is 57.5 Å². The predicted octanol–water partition coefficient (Wildman–Crippen LogP) is 0.598. The summed E-state index contributed by atoms with van der Waals surface area (Å²) in [5, 5.41) is 16.7. The maximum Gasteiger partial charge on any atom is 0.315 e. The van der Waals surface area contributed by atoms with Crippen molar-refractivity contribution in [3.8, 4) is 0 Å². The summed E-state index contributed by atoms with van der Waals surface area (Å²) in [5.41, 5.74) is 0. The zero-order valence-electron chi connectivity index (χ0n) is 11.8. The van der Waals surface area contributed by atoms with Crippen LogP contribution in [0.25, 0.3) is 0 Å². The molecule has 0 heterocycles. The molecule has 1 fully saturated rings. The van der Waals surface area contributed by atoms with Gasteiger partial charge in [-0.15, -0.1) is 0 Å². The number of carbonyl (C=O) groups excluding carboxylic acids is 2. The van der Waals surface area contributed by atoms with Gasteiger partial charge in [0.05, 0.1) is 0 Å². The van der Waals surface area contributed by atoms with Gasteiger partial charge in [0.25, 0.3) is 0 Å². The summed E-state index contributed by atoms with van der Waals surface area (Å²) in [7, 11) is 0. The first-order valence-electron chi connectivity index (χ1n) is 7.03. The molecular formula is C13H23N3O4. The number of carboxylic acid groups (broad SMARTS) is 1. The van der Waals surface area contributed by atoms with Crippen molar-refractivity contribution in [3.63, 3.8) is 0 Å². The molecule has 7 nitrogen and oxygen atoms in total. The van der Waals surface area contributed by atoms with Gasteiger partial charge in [0.15, 0.2) is 0 Å². The summed E-state index contributed by atoms with van der Waals surface area (Å²) in [4.78, 5) is 33.2. The van der Waals surface area contributed by atoms with Crippen LogP contribution in [0.3, 0.4) is 0 Å². The first-order chi connectivity index (χ1) is 9.47. The van der Waals surface area contributed by atoms with E-state index in [2.05, 4.69) is 16.0 Å². The number of carboxylic acids is 1. The zero-order chi connectivity index (χ0) is 15.0. The number of carbonyl (C=O) groups is 3. The van der Waals surface area contributed by atoms with E-state index in [4.69, 9.17) is 5.11 Å². The molecule has 114 valence electrons. The fourth-order valence-electron chi connectivity index (χ4n) is 1.72. The molecule has 0 radical (unpaired) electrons. The molecule has 0 aromatic heterocycles. The van der Waals surface area contributed by atoms with Crippen molar-refractivity contribution in [2.24, 2.45) is 0 Å². The van der Waals surface area contributed by atoms with Crippen molar-refractivity contribution in [2.75, 3.05) is 6.54 Å². The maximum absolute atomic E-state index is 11.5. The number of rotatable bonds is 9. The van der Waals surface area contributed by atoms with Gasteiger partial charge in [0, 0.05) is 31.5 Å². The quantitative estimate of drug-likeness (QED) is 0.497. The number of hydrogen-bond acceptors (Lipinski definition) is 3. The molecule has 1 saturated carbocycles. The lowest BCUT2D eigenvalue weighted by atomic mass is 10.1. The van der Waals surface area contributed by atoms with Crippen LogP contribution < -0.4 is 16.0 Å². The van der Waals surface area contributed by atoms with Crippen LogP contribution in [0.2, 0.25) is 0 Å². The van der Waals surface area contributed by atoms with Crippen molar-refractivity contribution >= 4 is 17.9 Å². The largest absolute Gasteiger partial charge is 0.481 e. The van der Waals surface area contributed by atoms with E-state index in [1.54, 1.807) is 0 Å². The second-order valence-corrected chi connectivity index (χ2v) is 5.18. The molecule has 3 amide bonds. The first kappa shape index (κ1) is 16.3. The third-order valence-electron chi connectivity index (χ3n) is 2.99. The van der Waals surface area contributed by atoms with Crippen molar-refractivity contribution < 1.29 is 19.5 Å². The second-order valence-electron chi connectivity index (χ2n) is 5.18. The molecule has 4 N–H and O–H groups in total. The number of amides is 3. The average Bonchev–Trinajstić information content (AvgIpc) is 3.12. The van der Waals surface area contributed by atoms with E-state index in [1.807, 2.05) is 6.92 Å². The van der Waals surface area contributed by atoms with E-state index in [0.717, 1.165) is 12.8 Å². The number of hydrogen-bond donors (Lipinski definition) is 4. The highest BCUT2D eigenvalue weighted by atomic mass is 16.4. The predicted molar refractivity (Wildman–Crippen MR) is 73.3 cm³/mol. The number of urea groups is 1. The van der Waals surface area contributed by atoms with E-state index in [0.29, 0.717) is 25.4 Å². The molecule has 0 aromatic rings. The van der Waals surface area contributed by atoms with Crippen LogP contribution in [-0.4, -0.2) is 41.6 Å². The standard InChI is InChI=1S/C13H23N3O4/c1-9(3-2-4-12(18)19)15-13(20)14-8-7-11(17)16-10-5-6-10/h9-10H,2-8H2,1H3,(H,16,17)(H,18,19)(H2,14,15,20). The highest BCUT2D eigenvalue weighted by molar-refractivity contribution is 5.78. The van der Waals surface area contributed by atoms with Gasteiger partial charge in [-0.1, -0.05) is 0 Å². The van der Waals surface area contributed by atoms with Crippen molar-refractivity contribution in [1.82, 2.24) is 16.0 Å². The van der Waals surface area contributed by atoms with Crippen LogP contribution in [0.1, 0.15) is 45.4 Å². The Morgan fingerprint density at radius 1 is 1.25 bits per heavy atom. The average molecular weight is 285 g/mol. The van der Waals surface area contributed by atoms with Gasteiger partial charge < -0.3 is 21.1 Å². The van der Waals surface area contributed by atoms with Crippen LogP contribution in [0.4, 0.5) is 4.79 Å². The lowest BCUT2D eigenvalue weighted by Gasteiger charge is -2.14. The molecule has 0 aromatic carbocycles. The van der Waals surface area contributed by atoms with Crippen molar-refractivity contribution in [1.29, 1.82) is 0 Å². The van der Waals surface area contributed by atoms with Crippen LogP contribution in [0.5, 0.6) is 0 Å². The van der Waals surface area contributed by atoms with Crippen molar-refractivity contribution in [3.05, 3.63) is 0 Å². The minimum atomic E-state index is -0.830. The summed E-state index contributed by atoms with van der Waals surface area (Å²) in [5.74, 6) is -0.870. The fraction of sp³-hybridized carbons (Fsp3) is 0.769. The van der Waals surface area contributed by atoms with Crippen LogP contribution in [0, 0.1) is 0 Å². The van der Waals surface area contributed by atoms with E-state index in [9.17, 15) is 14.4 Å². The molecule has 1 aliphatic carbocycles. The minimum Gasteiger partial charge on any atom is -0.481 e. The SMILES string of the molecule is CC(CCCC(=O)O)NC(=O)NCCC(=O)NC1CC1. The Balaban J connectivity index is 2.00. The van der Waals surface area contributed by atoms with Crippen LogP contribution >= 0.6 is 0 Å². The summed E-state index contributed by atoms with van der Waals surface area (Å²) >= 11 is 0. The topological polar surface area (TPSA) is 108 Å². The molecule has 1 aliphatic rings. The Morgan fingerprint density at radius 2 is 1.95 bits per heavy atom. The van der Waals surface area contributed by atoms with Gasteiger partial charge in [-0.05, 0) is 32.6 Å². The third-order valence-corrected chi connectivity index (χ3v) is 2.99. The fourth-order valence-corrected chi connectivity index (χ4v) is 1.72. The van der Waals surface area contributed by atoms with E-state index >= 15 is 0 Å². The Morgan fingerprint density at radius 3 is 2.55 bits per heavy atom. The van der Waals surface area contributed by atoms with Gasteiger partial charge in [-0.25, -0.2) is 4.79 Å². The minimum absolute atomic E-state index is 0.0395. The highest BCUT2D eigenvalue weighted by Crippen LogP contribution is 2.18. The van der Waals surface area contributed by atoms with Gasteiger partial charge in [-0.3, -0.25) is 9.59 Å². The Bertz CT molecular complexity index is 356. The number of aliphatic carboxylic acids is 1.